The van der Waals surface area contributed by atoms with Gasteiger partial charge in [0, 0.05) is 12.7 Å². The summed E-state index contributed by atoms with van der Waals surface area (Å²) >= 11 is 0. The van der Waals surface area contributed by atoms with E-state index in [2.05, 4.69) is 15.3 Å². The van der Waals surface area contributed by atoms with Crippen molar-refractivity contribution in [2.24, 2.45) is 17.3 Å². The Morgan fingerprint density at radius 1 is 1.37 bits per heavy atom. The molecule has 4 rings (SSSR count). The molecular formula is C21H29N5O4. The van der Waals surface area contributed by atoms with Crippen LogP contribution in [0.5, 0.6) is 0 Å². The summed E-state index contributed by atoms with van der Waals surface area (Å²) in [6.07, 6.45) is 11.0. The molecule has 30 heavy (non-hydrogen) atoms. The van der Waals surface area contributed by atoms with Crippen molar-refractivity contribution in [3.05, 3.63) is 18.6 Å². The lowest BCUT2D eigenvalue weighted by molar-refractivity contribution is -0.158. The third-order valence-electron chi connectivity index (χ3n) is 6.86. The predicted molar refractivity (Wildman–Crippen MR) is 107 cm³/mol. The second kappa shape index (κ2) is 8.67. The quantitative estimate of drug-likeness (QED) is 0.380. The van der Waals surface area contributed by atoms with Gasteiger partial charge in [0.1, 0.15) is 18.2 Å². The van der Waals surface area contributed by atoms with E-state index in [4.69, 9.17) is 0 Å². The Balaban J connectivity index is 1.50. The van der Waals surface area contributed by atoms with Crippen LogP contribution in [0.2, 0.25) is 0 Å². The second-order valence-corrected chi connectivity index (χ2v) is 9.08. The van der Waals surface area contributed by atoms with E-state index in [1.165, 1.54) is 6.33 Å². The lowest BCUT2D eigenvalue weighted by Gasteiger charge is -2.30. The Morgan fingerprint density at radius 3 is 2.77 bits per heavy atom. The highest BCUT2D eigenvalue weighted by atomic mass is 16.5. The van der Waals surface area contributed by atoms with Crippen LogP contribution in [-0.4, -0.2) is 62.5 Å². The molecule has 1 aliphatic heterocycles. The molecule has 2 atom stereocenters. The number of carbonyl (C=O) groups is 3. The van der Waals surface area contributed by atoms with Crippen molar-refractivity contribution in [1.29, 1.82) is 0 Å². The Morgan fingerprint density at radius 2 is 2.13 bits per heavy atom. The zero-order chi connectivity index (χ0) is 21.1. The van der Waals surface area contributed by atoms with Crippen molar-refractivity contribution in [3.63, 3.8) is 0 Å². The largest absolute Gasteiger partial charge is 0.330 e. The van der Waals surface area contributed by atoms with Crippen LogP contribution in [0.4, 0.5) is 5.82 Å². The van der Waals surface area contributed by atoms with Crippen molar-refractivity contribution >= 4 is 24.0 Å². The smallest absolute Gasteiger partial charge is 0.248 e. The fourth-order valence-electron chi connectivity index (χ4n) is 5.04. The maximum atomic E-state index is 13.5. The summed E-state index contributed by atoms with van der Waals surface area (Å²) in [5.41, 5.74) is 0.0325. The minimum atomic E-state index is -0.565. The number of hydrogen-bond acceptors (Lipinski definition) is 6. The van der Waals surface area contributed by atoms with Gasteiger partial charge in [-0.25, -0.2) is 15.0 Å². The lowest BCUT2D eigenvalue weighted by atomic mass is 9.91. The van der Waals surface area contributed by atoms with Crippen LogP contribution in [-0.2, 0) is 14.4 Å². The van der Waals surface area contributed by atoms with Crippen molar-refractivity contribution in [1.82, 2.24) is 19.9 Å². The zero-order valence-corrected chi connectivity index (χ0v) is 17.1. The highest BCUT2D eigenvalue weighted by molar-refractivity contribution is 5.97. The number of amides is 3. The number of rotatable bonds is 8. The number of likely N-dealkylation sites (tertiary alicyclic amines) is 1. The molecule has 1 saturated heterocycles. The summed E-state index contributed by atoms with van der Waals surface area (Å²) in [5, 5.41) is 13.1. The van der Waals surface area contributed by atoms with Crippen LogP contribution < -0.4 is 5.32 Å². The molecular weight excluding hydrogens is 386 g/mol. The minimum Gasteiger partial charge on any atom is -0.330 e. The third kappa shape index (κ3) is 4.61. The first-order valence-corrected chi connectivity index (χ1v) is 10.8. The van der Waals surface area contributed by atoms with Crippen molar-refractivity contribution in [2.75, 3.05) is 18.4 Å². The Bertz CT molecular complexity index is 779. The number of hydroxylamine groups is 2. The van der Waals surface area contributed by atoms with Gasteiger partial charge >= 0.3 is 0 Å². The van der Waals surface area contributed by atoms with E-state index in [9.17, 15) is 19.6 Å². The van der Waals surface area contributed by atoms with Crippen LogP contribution in [0, 0.1) is 17.3 Å². The molecule has 9 nitrogen and oxygen atoms in total. The molecule has 3 fully saturated rings. The minimum absolute atomic E-state index is 0.0325. The molecule has 1 aromatic rings. The molecule has 1 aromatic heterocycles. The normalized spacial score (nSPS) is 23.4. The van der Waals surface area contributed by atoms with E-state index in [1.54, 1.807) is 17.2 Å². The maximum Gasteiger partial charge on any atom is 0.248 e. The summed E-state index contributed by atoms with van der Waals surface area (Å²) in [6.45, 7) is 0.518. The lowest BCUT2D eigenvalue weighted by Crippen LogP contribution is -2.48. The number of aromatic nitrogens is 2. The van der Waals surface area contributed by atoms with Crippen molar-refractivity contribution in [2.45, 2.75) is 57.4 Å². The number of nitrogens with zero attached hydrogens (tertiary/aromatic N) is 4. The van der Waals surface area contributed by atoms with E-state index in [-0.39, 0.29) is 23.8 Å². The number of nitrogens with one attached hydrogen (secondary N) is 1. The molecule has 2 heterocycles. The van der Waals surface area contributed by atoms with Gasteiger partial charge in [-0.1, -0.05) is 25.7 Å². The van der Waals surface area contributed by atoms with E-state index in [0.717, 1.165) is 38.5 Å². The third-order valence-corrected chi connectivity index (χ3v) is 6.86. The summed E-state index contributed by atoms with van der Waals surface area (Å²) in [6, 6.07) is 1.05. The van der Waals surface area contributed by atoms with Gasteiger partial charge in [0.05, 0.1) is 12.5 Å². The molecule has 2 N–H and O–H groups in total. The first kappa shape index (κ1) is 20.7. The average Bonchev–Trinajstić information content (AvgIpc) is 3.13. The molecule has 9 heteroatoms. The second-order valence-electron chi connectivity index (χ2n) is 9.08. The van der Waals surface area contributed by atoms with Crippen LogP contribution in [0.15, 0.2) is 18.6 Å². The summed E-state index contributed by atoms with van der Waals surface area (Å²) in [4.78, 5) is 47.1. The Hall–Kier alpha value is -2.55. The van der Waals surface area contributed by atoms with Gasteiger partial charge in [-0.15, -0.1) is 0 Å². The maximum absolute atomic E-state index is 13.5. The van der Waals surface area contributed by atoms with Gasteiger partial charge < -0.3 is 10.2 Å². The molecule has 2 aliphatic carbocycles. The Labute approximate surface area is 175 Å². The van der Waals surface area contributed by atoms with E-state index >= 15 is 0 Å². The van der Waals surface area contributed by atoms with Crippen LogP contribution in [0.1, 0.15) is 51.4 Å². The average molecular weight is 415 g/mol. The summed E-state index contributed by atoms with van der Waals surface area (Å²) in [5.74, 6) is -0.0726. The monoisotopic (exact) mass is 415 g/mol. The molecule has 1 spiro atoms. The molecule has 0 radical (unpaired) electrons. The van der Waals surface area contributed by atoms with Gasteiger partial charge in [-0.3, -0.25) is 19.6 Å². The van der Waals surface area contributed by atoms with E-state index < -0.39 is 12.0 Å². The molecule has 3 aliphatic rings. The standard InChI is InChI=1S/C21H29N5O4/c27-14-25(30)11-16(9-15-3-1-2-4-15)20(29)26-12-21(6-7-21)10-17(26)19(28)24-18-5-8-22-13-23-18/h5,8,13-17,30H,1-4,6-7,9-12H2,(H,22,23,24,28)/t16-,17?/m1/s1. The highest BCUT2D eigenvalue weighted by Crippen LogP contribution is 2.55. The first-order chi connectivity index (χ1) is 14.5. The molecule has 0 aromatic carbocycles. The number of anilines is 1. The number of carbonyl (C=O) groups excluding carboxylic acids is 3. The van der Waals surface area contributed by atoms with E-state index in [1.807, 2.05) is 0 Å². The van der Waals surface area contributed by atoms with Gasteiger partial charge in [-0.2, -0.15) is 0 Å². The molecule has 162 valence electrons. The van der Waals surface area contributed by atoms with Crippen LogP contribution in [0.25, 0.3) is 0 Å². The molecule has 3 amide bonds. The topological polar surface area (TPSA) is 116 Å². The molecule has 0 bridgehead atoms. The summed E-state index contributed by atoms with van der Waals surface area (Å²) in [7, 11) is 0. The van der Waals surface area contributed by atoms with Gasteiger partial charge in [0.2, 0.25) is 18.2 Å². The molecule has 1 unspecified atom stereocenters. The molecule has 2 saturated carbocycles. The van der Waals surface area contributed by atoms with Gasteiger partial charge in [-0.05, 0) is 43.1 Å². The van der Waals surface area contributed by atoms with Crippen LogP contribution >= 0.6 is 0 Å². The van der Waals surface area contributed by atoms with E-state index in [0.29, 0.717) is 42.6 Å². The predicted octanol–water partition coefficient (Wildman–Crippen LogP) is 1.84. The zero-order valence-electron chi connectivity index (χ0n) is 17.1. The fourth-order valence-corrected chi connectivity index (χ4v) is 5.04. The fraction of sp³-hybridized carbons (Fsp3) is 0.667. The van der Waals surface area contributed by atoms with Gasteiger partial charge in [0.25, 0.3) is 0 Å². The van der Waals surface area contributed by atoms with Crippen molar-refractivity contribution in [3.8, 4) is 0 Å². The number of hydrogen-bond donors (Lipinski definition) is 2. The van der Waals surface area contributed by atoms with Gasteiger partial charge in [0.15, 0.2) is 0 Å². The first-order valence-electron chi connectivity index (χ1n) is 10.8. The highest BCUT2D eigenvalue weighted by Gasteiger charge is 2.55. The summed E-state index contributed by atoms with van der Waals surface area (Å²) < 4.78 is 0. The van der Waals surface area contributed by atoms with Crippen molar-refractivity contribution < 1.29 is 19.6 Å². The Kier molecular flexibility index (Phi) is 5.99. The SMILES string of the molecule is O=CN(O)C[C@@H](CC1CCCC1)C(=O)N1CC2(CC2)CC1C(=O)Nc1ccncn1. The van der Waals surface area contributed by atoms with Crippen LogP contribution in [0.3, 0.4) is 0 Å².